The first-order chi connectivity index (χ1) is 12.5. The van der Waals surface area contributed by atoms with E-state index in [9.17, 15) is 9.59 Å². The smallest absolute Gasteiger partial charge is 0.299 e. The molecule has 0 bridgehead atoms. The van der Waals surface area contributed by atoms with Gasteiger partial charge < -0.3 is 14.4 Å². The van der Waals surface area contributed by atoms with Crippen molar-refractivity contribution in [3.63, 3.8) is 0 Å². The number of carbonyl (C=O) groups is 2. The zero-order valence-electron chi connectivity index (χ0n) is 14.3. The lowest BCUT2D eigenvalue weighted by Crippen LogP contribution is -2.33. The highest BCUT2D eigenvalue weighted by atomic mass is 79.9. The SMILES string of the molecule is COc1cc2c(cc1OC)C1=C(c3ccc(Br)cc3)C(=O)C(=O)N1CC2. The van der Waals surface area contributed by atoms with Crippen molar-refractivity contribution < 1.29 is 19.1 Å². The largest absolute Gasteiger partial charge is 0.493 e. The van der Waals surface area contributed by atoms with Crippen LogP contribution < -0.4 is 9.47 Å². The summed E-state index contributed by atoms with van der Waals surface area (Å²) in [6.07, 6.45) is 0.659. The molecule has 2 aliphatic rings. The summed E-state index contributed by atoms with van der Waals surface area (Å²) in [6.45, 7) is 0.475. The average Bonchev–Trinajstić information content (AvgIpc) is 2.92. The van der Waals surface area contributed by atoms with Crippen LogP contribution in [0.2, 0.25) is 0 Å². The van der Waals surface area contributed by atoms with E-state index in [0.717, 1.165) is 21.2 Å². The molecular weight excluding hydrogens is 398 g/mol. The Kier molecular flexibility index (Phi) is 4.07. The second-order valence-electron chi connectivity index (χ2n) is 6.13. The fourth-order valence-corrected chi connectivity index (χ4v) is 3.80. The third-order valence-electron chi connectivity index (χ3n) is 4.78. The maximum Gasteiger partial charge on any atom is 0.299 e. The van der Waals surface area contributed by atoms with E-state index in [1.165, 1.54) is 0 Å². The molecule has 4 rings (SSSR count). The Balaban J connectivity index is 1.98. The van der Waals surface area contributed by atoms with Gasteiger partial charge >= 0.3 is 0 Å². The number of ketones is 1. The number of halogens is 1. The van der Waals surface area contributed by atoms with Crippen LogP contribution in [0.25, 0.3) is 11.3 Å². The Hall–Kier alpha value is -2.60. The number of rotatable bonds is 3. The molecule has 0 atom stereocenters. The molecule has 2 aromatic rings. The zero-order valence-corrected chi connectivity index (χ0v) is 15.9. The van der Waals surface area contributed by atoms with E-state index in [-0.39, 0.29) is 0 Å². The molecule has 2 aromatic carbocycles. The Morgan fingerprint density at radius 3 is 2.31 bits per heavy atom. The van der Waals surface area contributed by atoms with Crippen LogP contribution in [0.15, 0.2) is 40.9 Å². The number of Topliss-reactive ketones (excluding diaryl/α,β-unsaturated/α-hetero) is 1. The van der Waals surface area contributed by atoms with Crippen LogP contribution in [-0.2, 0) is 16.0 Å². The fraction of sp³-hybridized carbons (Fsp3) is 0.200. The van der Waals surface area contributed by atoms with Gasteiger partial charge in [0.15, 0.2) is 11.5 Å². The number of carbonyl (C=O) groups excluding carboxylic acids is 2. The van der Waals surface area contributed by atoms with Crippen molar-refractivity contribution in [2.75, 3.05) is 20.8 Å². The highest BCUT2D eigenvalue weighted by Gasteiger charge is 2.42. The molecule has 1 amide bonds. The second kappa shape index (κ2) is 6.29. The van der Waals surface area contributed by atoms with Gasteiger partial charge in [0, 0.05) is 16.6 Å². The maximum atomic E-state index is 12.7. The minimum absolute atomic E-state index is 0.440. The molecule has 0 saturated carbocycles. The molecule has 2 heterocycles. The van der Waals surface area contributed by atoms with Crippen LogP contribution in [0.3, 0.4) is 0 Å². The summed E-state index contributed by atoms with van der Waals surface area (Å²) in [5.41, 5.74) is 3.70. The van der Waals surface area contributed by atoms with Gasteiger partial charge in [-0.3, -0.25) is 9.59 Å². The lowest BCUT2D eigenvalue weighted by Gasteiger charge is -2.28. The van der Waals surface area contributed by atoms with Crippen LogP contribution in [0.1, 0.15) is 16.7 Å². The molecule has 2 aliphatic heterocycles. The molecule has 132 valence electrons. The number of benzene rings is 2. The van der Waals surface area contributed by atoms with Crippen molar-refractivity contribution in [3.05, 3.63) is 57.6 Å². The van der Waals surface area contributed by atoms with Gasteiger partial charge in [-0.1, -0.05) is 28.1 Å². The first kappa shape index (κ1) is 16.8. The molecule has 0 spiro atoms. The monoisotopic (exact) mass is 413 g/mol. The second-order valence-corrected chi connectivity index (χ2v) is 7.05. The van der Waals surface area contributed by atoms with Crippen molar-refractivity contribution >= 4 is 38.9 Å². The van der Waals surface area contributed by atoms with E-state index in [2.05, 4.69) is 15.9 Å². The fourth-order valence-electron chi connectivity index (χ4n) is 3.53. The maximum absolute atomic E-state index is 12.7. The van der Waals surface area contributed by atoms with Crippen molar-refractivity contribution in [2.45, 2.75) is 6.42 Å². The lowest BCUT2D eigenvalue weighted by atomic mass is 9.92. The summed E-state index contributed by atoms with van der Waals surface area (Å²) in [7, 11) is 3.16. The molecule has 5 nitrogen and oxygen atoms in total. The predicted octanol–water partition coefficient (Wildman–Crippen LogP) is 3.30. The van der Waals surface area contributed by atoms with Crippen molar-refractivity contribution in [1.29, 1.82) is 0 Å². The van der Waals surface area contributed by atoms with E-state index in [0.29, 0.717) is 35.7 Å². The Morgan fingerprint density at radius 1 is 1.00 bits per heavy atom. The number of nitrogens with zero attached hydrogens (tertiary/aromatic N) is 1. The Bertz CT molecular complexity index is 963. The molecule has 0 aliphatic carbocycles. The molecule has 0 aromatic heterocycles. The third kappa shape index (κ3) is 2.44. The topological polar surface area (TPSA) is 55.8 Å². The third-order valence-corrected chi connectivity index (χ3v) is 5.30. The van der Waals surface area contributed by atoms with Crippen LogP contribution >= 0.6 is 15.9 Å². The molecule has 0 unspecified atom stereocenters. The average molecular weight is 414 g/mol. The van der Waals surface area contributed by atoms with Gasteiger partial charge in [0.2, 0.25) is 0 Å². The number of fused-ring (bicyclic) bond motifs is 3. The van der Waals surface area contributed by atoms with Crippen LogP contribution in [0.4, 0.5) is 0 Å². The molecule has 0 N–H and O–H groups in total. The quantitative estimate of drug-likeness (QED) is 0.724. The van der Waals surface area contributed by atoms with E-state index in [1.54, 1.807) is 19.1 Å². The predicted molar refractivity (Wildman–Crippen MR) is 101 cm³/mol. The number of ether oxygens (including phenoxy) is 2. The number of hydrogen-bond acceptors (Lipinski definition) is 4. The minimum Gasteiger partial charge on any atom is -0.493 e. The highest BCUT2D eigenvalue weighted by molar-refractivity contribution is 9.10. The van der Waals surface area contributed by atoms with Gasteiger partial charge in [-0.2, -0.15) is 0 Å². The summed E-state index contributed by atoms with van der Waals surface area (Å²) >= 11 is 3.40. The first-order valence-corrected chi connectivity index (χ1v) is 8.96. The molecule has 0 radical (unpaired) electrons. The van der Waals surface area contributed by atoms with Crippen LogP contribution in [-0.4, -0.2) is 37.4 Å². The van der Waals surface area contributed by atoms with Crippen molar-refractivity contribution in [1.82, 2.24) is 4.90 Å². The lowest BCUT2D eigenvalue weighted by molar-refractivity contribution is -0.138. The minimum atomic E-state index is -0.474. The van der Waals surface area contributed by atoms with Gasteiger partial charge in [0.25, 0.3) is 11.7 Å². The Labute approximate surface area is 159 Å². The summed E-state index contributed by atoms with van der Waals surface area (Å²) < 4.78 is 11.7. The van der Waals surface area contributed by atoms with Crippen LogP contribution in [0.5, 0.6) is 11.5 Å². The molecule has 0 fully saturated rings. The normalized spacial score (nSPS) is 15.9. The number of methoxy groups -OCH3 is 2. The van der Waals surface area contributed by atoms with Gasteiger partial charge in [-0.25, -0.2) is 0 Å². The number of hydrogen-bond donors (Lipinski definition) is 0. The highest BCUT2D eigenvalue weighted by Crippen LogP contribution is 2.44. The van der Waals surface area contributed by atoms with E-state index in [1.807, 2.05) is 36.4 Å². The molecular formula is C20H16BrNO4. The molecule has 0 saturated heterocycles. The van der Waals surface area contributed by atoms with Gasteiger partial charge in [0.05, 0.1) is 25.5 Å². The zero-order chi connectivity index (χ0) is 18.4. The summed E-state index contributed by atoms with van der Waals surface area (Å²) in [6, 6.07) is 11.2. The van der Waals surface area contributed by atoms with E-state index >= 15 is 0 Å². The van der Waals surface area contributed by atoms with Crippen LogP contribution in [0, 0.1) is 0 Å². The van der Waals surface area contributed by atoms with Gasteiger partial charge in [-0.05, 0) is 41.8 Å². The Morgan fingerprint density at radius 2 is 1.65 bits per heavy atom. The summed E-state index contributed by atoms with van der Waals surface area (Å²) in [5, 5.41) is 0. The standard InChI is InChI=1S/C20H16BrNO4/c1-25-15-9-12-7-8-22-18(14(12)10-16(15)26-2)17(19(23)20(22)24)11-3-5-13(21)6-4-11/h3-6,9-10H,7-8H2,1-2H3. The molecule has 26 heavy (non-hydrogen) atoms. The molecule has 6 heteroatoms. The number of amides is 1. The van der Waals surface area contributed by atoms with Crippen molar-refractivity contribution in [3.8, 4) is 11.5 Å². The van der Waals surface area contributed by atoms with E-state index in [4.69, 9.17) is 9.47 Å². The van der Waals surface area contributed by atoms with Crippen molar-refractivity contribution in [2.24, 2.45) is 0 Å². The first-order valence-electron chi connectivity index (χ1n) is 8.17. The summed E-state index contributed by atoms with van der Waals surface area (Å²) in [5.74, 6) is 0.270. The summed E-state index contributed by atoms with van der Waals surface area (Å²) in [4.78, 5) is 26.9. The van der Waals surface area contributed by atoms with E-state index < -0.39 is 11.7 Å². The van der Waals surface area contributed by atoms with Gasteiger partial charge in [0.1, 0.15) is 0 Å². The van der Waals surface area contributed by atoms with Gasteiger partial charge in [-0.15, -0.1) is 0 Å².